The smallest absolute Gasteiger partial charge is 0.251 e. The van der Waals surface area contributed by atoms with Crippen LogP contribution in [0, 0.1) is 0 Å². The first kappa shape index (κ1) is 13.6. The summed E-state index contributed by atoms with van der Waals surface area (Å²) in [7, 11) is 0. The number of carbonyl (C=O) groups is 1. The van der Waals surface area contributed by atoms with Crippen LogP contribution in [0.2, 0.25) is 10.0 Å². The lowest BCUT2D eigenvalue weighted by Crippen LogP contribution is -2.35. The van der Waals surface area contributed by atoms with Crippen LogP contribution in [0.3, 0.4) is 0 Å². The Morgan fingerprint density at radius 1 is 1.38 bits per heavy atom. The Balaban J connectivity index is 2.76. The number of carbonyl (C=O) groups excluding carboxylic acids is 1. The Hall–Kier alpha value is -0.440. The largest absolute Gasteiger partial charge is 0.348 e. The molecule has 1 amide bonds. The van der Waals surface area contributed by atoms with Crippen molar-refractivity contribution in [1.29, 1.82) is 0 Å². The van der Waals surface area contributed by atoms with Gasteiger partial charge in [-0.1, -0.05) is 30.1 Å². The lowest BCUT2D eigenvalue weighted by molar-refractivity contribution is 0.0940. The average Bonchev–Trinajstić information content (AvgIpc) is 2.29. The van der Waals surface area contributed by atoms with Crippen LogP contribution in [0.1, 0.15) is 23.7 Å². The van der Waals surface area contributed by atoms with Crippen LogP contribution in [-0.4, -0.2) is 17.8 Å². The monoisotopic (exact) mass is 279 g/mol. The zero-order valence-electron chi connectivity index (χ0n) is 8.77. The number of alkyl halides is 1. The number of rotatable bonds is 4. The van der Waals surface area contributed by atoms with Crippen molar-refractivity contribution in [2.45, 2.75) is 19.4 Å². The molecule has 0 saturated heterocycles. The first-order valence-corrected chi connectivity index (χ1v) is 6.19. The van der Waals surface area contributed by atoms with E-state index in [1.807, 2.05) is 6.92 Å². The molecule has 88 valence electrons. The molecular weight excluding hydrogens is 268 g/mol. The highest BCUT2D eigenvalue weighted by Gasteiger charge is 2.12. The molecule has 0 saturated carbocycles. The molecule has 1 N–H and O–H groups in total. The summed E-state index contributed by atoms with van der Waals surface area (Å²) < 4.78 is 0. The van der Waals surface area contributed by atoms with Crippen LogP contribution in [0.4, 0.5) is 0 Å². The molecule has 1 unspecified atom stereocenters. The quantitative estimate of drug-likeness (QED) is 0.836. The Bertz CT molecular complexity index is 377. The van der Waals surface area contributed by atoms with Crippen molar-refractivity contribution in [2.24, 2.45) is 0 Å². The van der Waals surface area contributed by atoms with Crippen molar-refractivity contribution < 1.29 is 4.79 Å². The third kappa shape index (κ3) is 3.55. The summed E-state index contributed by atoms with van der Waals surface area (Å²) >= 11 is 17.3. The predicted molar refractivity (Wildman–Crippen MR) is 68.7 cm³/mol. The molecule has 0 aliphatic rings. The number of benzene rings is 1. The molecule has 5 heteroatoms. The first-order valence-electron chi connectivity index (χ1n) is 4.90. The fourth-order valence-electron chi connectivity index (χ4n) is 1.16. The maximum atomic E-state index is 11.8. The highest BCUT2D eigenvalue weighted by molar-refractivity contribution is 6.42. The van der Waals surface area contributed by atoms with Gasteiger partial charge in [-0.2, -0.15) is 0 Å². The van der Waals surface area contributed by atoms with E-state index in [0.717, 1.165) is 6.42 Å². The third-order valence-corrected chi connectivity index (χ3v) is 3.31. The average molecular weight is 281 g/mol. The molecule has 1 rings (SSSR count). The molecule has 16 heavy (non-hydrogen) atoms. The predicted octanol–water partition coefficient (Wildman–Crippen LogP) is 3.74. The van der Waals surface area contributed by atoms with E-state index >= 15 is 0 Å². The van der Waals surface area contributed by atoms with Gasteiger partial charge < -0.3 is 5.32 Å². The SMILES string of the molecule is CCC(CCl)NC(=O)c1ccc(Cl)c(Cl)c1. The van der Waals surface area contributed by atoms with Crippen LogP contribution in [-0.2, 0) is 0 Å². The molecule has 0 aromatic heterocycles. The van der Waals surface area contributed by atoms with Gasteiger partial charge in [-0.3, -0.25) is 4.79 Å². The lowest BCUT2D eigenvalue weighted by atomic mass is 10.2. The summed E-state index contributed by atoms with van der Waals surface area (Å²) in [6.07, 6.45) is 0.788. The van der Waals surface area contributed by atoms with E-state index in [9.17, 15) is 4.79 Å². The van der Waals surface area contributed by atoms with Crippen molar-refractivity contribution >= 4 is 40.7 Å². The van der Waals surface area contributed by atoms with Crippen LogP contribution >= 0.6 is 34.8 Å². The second kappa shape index (κ2) is 6.33. The van der Waals surface area contributed by atoms with Crippen molar-refractivity contribution in [3.63, 3.8) is 0 Å². The Morgan fingerprint density at radius 2 is 2.06 bits per heavy atom. The van der Waals surface area contributed by atoms with E-state index in [1.54, 1.807) is 18.2 Å². The molecule has 0 radical (unpaired) electrons. The normalized spacial score (nSPS) is 12.2. The van der Waals surface area contributed by atoms with Crippen molar-refractivity contribution in [2.75, 3.05) is 5.88 Å². The minimum atomic E-state index is -0.189. The van der Waals surface area contributed by atoms with Gasteiger partial charge in [0, 0.05) is 17.5 Å². The minimum Gasteiger partial charge on any atom is -0.348 e. The molecular formula is C11H12Cl3NO. The molecule has 0 heterocycles. The van der Waals surface area contributed by atoms with Gasteiger partial charge >= 0.3 is 0 Å². The highest BCUT2D eigenvalue weighted by Crippen LogP contribution is 2.22. The molecule has 1 aromatic carbocycles. The summed E-state index contributed by atoms with van der Waals surface area (Å²) in [5, 5.41) is 3.61. The summed E-state index contributed by atoms with van der Waals surface area (Å²) in [6.45, 7) is 1.96. The van der Waals surface area contributed by atoms with Crippen LogP contribution in [0.5, 0.6) is 0 Å². The number of amides is 1. The minimum absolute atomic E-state index is 0.0244. The standard InChI is InChI=1S/C11H12Cl3NO/c1-2-8(6-12)15-11(16)7-3-4-9(13)10(14)5-7/h3-5,8H,2,6H2,1H3,(H,15,16). The van der Waals surface area contributed by atoms with Crippen molar-refractivity contribution in [1.82, 2.24) is 5.32 Å². The van der Waals surface area contributed by atoms with E-state index in [0.29, 0.717) is 21.5 Å². The third-order valence-electron chi connectivity index (χ3n) is 2.20. The number of nitrogens with one attached hydrogen (secondary N) is 1. The molecule has 0 spiro atoms. The maximum Gasteiger partial charge on any atom is 0.251 e. The lowest BCUT2D eigenvalue weighted by Gasteiger charge is -2.13. The van der Waals surface area contributed by atoms with Gasteiger partial charge in [0.25, 0.3) is 5.91 Å². The first-order chi connectivity index (χ1) is 7.58. The summed E-state index contributed by atoms with van der Waals surface area (Å²) in [5.41, 5.74) is 0.484. The Kier molecular flexibility index (Phi) is 5.39. The van der Waals surface area contributed by atoms with E-state index in [1.165, 1.54) is 0 Å². The summed E-state index contributed by atoms with van der Waals surface area (Å²) in [5.74, 6) is 0.204. The molecule has 1 atom stereocenters. The van der Waals surface area contributed by atoms with Gasteiger partial charge in [0.2, 0.25) is 0 Å². The van der Waals surface area contributed by atoms with Gasteiger partial charge in [-0.15, -0.1) is 11.6 Å². The fourth-order valence-corrected chi connectivity index (χ4v) is 1.75. The van der Waals surface area contributed by atoms with Gasteiger partial charge in [-0.05, 0) is 24.6 Å². The summed E-state index contributed by atoms with van der Waals surface area (Å²) in [4.78, 5) is 11.8. The van der Waals surface area contributed by atoms with E-state index in [4.69, 9.17) is 34.8 Å². The van der Waals surface area contributed by atoms with Gasteiger partial charge in [0.1, 0.15) is 0 Å². The summed E-state index contributed by atoms with van der Waals surface area (Å²) in [6, 6.07) is 4.74. The van der Waals surface area contributed by atoms with Gasteiger partial charge in [-0.25, -0.2) is 0 Å². The topological polar surface area (TPSA) is 29.1 Å². The van der Waals surface area contributed by atoms with Crippen molar-refractivity contribution in [3.8, 4) is 0 Å². The van der Waals surface area contributed by atoms with E-state index in [2.05, 4.69) is 5.32 Å². The molecule has 0 bridgehead atoms. The fraction of sp³-hybridized carbons (Fsp3) is 0.364. The van der Waals surface area contributed by atoms with Gasteiger partial charge in [0.15, 0.2) is 0 Å². The van der Waals surface area contributed by atoms with E-state index < -0.39 is 0 Å². The van der Waals surface area contributed by atoms with Gasteiger partial charge in [0.05, 0.1) is 10.0 Å². The molecule has 2 nitrogen and oxygen atoms in total. The zero-order chi connectivity index (χ0) is 12.1. The van der Waals surface area contributed by atoms with Crippen LogP contribution < -0.4 is 5.32 Å². The molecule has 0 aliphatic heterocycles. The molecule has 1 aromatic rings. The second-order valence-corrected chi connectivity index (χ2v) is 4.48. The molecule has 0 fully saturated rings. The zero-order valence-corrected chi connectivity index (χ0v) is 11.0. The Labute approximate surface area is 110 Å². The second-order valence-electron chi connectivity index (χ2n) is 3.36. The van der Waals surface area contributed by atoms with Crippen LogP contribution in [0.15, 0.2) is 18.2 Å². The van der Waals surface area contributed by atoms with Crippen LogP contribution in [0.25, 0.3) is 0 Å². The highest BCUT2D eigenvalue weighted by atomic mass is 35.5. The Morgan fingerprint density at radius 3 is 2.56 bits per heavy atom. The number of hydrogen-bond acceptors (Lipinski definition) is 1. The van der Waals surface area contributed by atoms with Crippen molar-refractivity contribution in [3.05, 3.63) is 33.8 Å². The molecule has 0 aliphatic carbocycles. The number of hydrogen-bond donors (Lipinski definition) is 1. The van der Waals surface area contributed by atoms with E-state index in [-0.39, 0.29) is 11.9 Å². The number of halogens is 3. The maximum absolute atomic E-state index is 11.8.